The average Bonchev–Trinajstić information content (AvgIpc) is 2.93. The van der Waals surface area contributed by atoms with Gasteiger partial charge in [-0.15, -0.1) is 24.0 Å². The smallest absolute Gasteiger partial charge is 0.232 e. The zero-order chi connectivity index (χ0) is 17.5. The molecule has 2 heterocycles. The van der Waals surface area contributed by atoms with E-state index in [1.165, 1.54) is 0 Å². The Bertz CT molecular complexity index is 558. The van der Waals surface area contributed by atoms with Crippen LogP contribution in [0.3, 0.4) is 0 Å². The molecule has 1 fully saturated rings. The molecular weight excluding hydrogens is 453 g/mol. The van der Waals surface area contributed by atoms with Crippen molar-refractivity contribution in [1.82, 2.24) is 20.5 Å². The summed E-state index contributed by atoms with van der Waals surface area (Å²) < 4.78 is 5.57. The zero-order valence-electron chi connectivity index (χ0n) is 15.3. The molecule has 0 radical (unpaired) electrons. The maximum Gasteiger partial charge on any atom is 0.232 e. The summed E-state index contributed by atoms with van der Waals surface area (Å²) in [7, 11) is 1.78. The van der Waals surface area contributed by atoms with Crippen LogP contribution < -0.4 is 15.4 Å². The quantitative estimate of drug-likeness (QED) is 0.283. The molecule has 1 aromatic heterocycles. The molecule has 2 N–H and O–H groups in total. The molecule has 2 atom stereocenters. The van der Waals surface area contributed by atoms with Crippen molar-refractivity contribution in [3.63, 3.8) is 0 Å². The molecule has 6 nitrogen and oxygen atoms in total. The Morgan fingerprint density at radius 1 is 1.48 bits per heavy atom. The summed E-state index contributed by atoms with van der Waals surface area (Å²) in [5.74, 6) is 1.85. The summed E-state index contributed by atoms with van der Waals surface area (Å²) in [5, 5.41) is 7.31. The van der Waals surface area contributed by atoms with Crippen LogP contribution in [0.2, 0.25) is 5.02 Å². The predicted molar refractivity (Wildman–Crippen MR) is 114 cm³/mol. The molecule has 25 heavy (non-hydrogen) atoms. The van der Waals surface area contributed by atoms with E-state index in [1.807, 2.05) is 0 Å². The first-order valence-electron chi connectivity index (χ1n) is 8.45. The summed E-state index contributed by atoms with van der Waals surface area (Å²) in [5.41, 5.74) is 0. The van der Waals surface area contributed by atoms with E-state index in [0.717, 1.165) is 19.0 Å². The third-order valence-electron chi connectivity index (χ3n) is 4.27. The van der Waals surface area contributed by atoms with Crippen LogP contribution in [0, 0.1) is 5.92 Å². The van der Waals surface area contributed by atoms with Crippen LogP contribution in [-0.2, 0) is 0 Å². The monoisotopic (exact) mass is 481 g/mol. The van der Waals surface area contributed by atoms with Crippen LogP contribution in [-0.4, -0.2) is 61.2 Å². The zero-order valence-corrected chi connectivity index (χ0v) is 18.4. The molecule has 142 valence electrons. The van der Waals surface area contributed by atoms with Crippen molar-refractivity contribution < 1.29 is 4.74 Å². The fourth-order valence-corrected chi connectivity index (χ4v) is 2.95. The molecule has 0 aliphatic carbocycles. The number of rotatable bonds is 6. The Morgan fingerprint density at radius 3 is 2.84 bits per heavy atom. The van der Waals surface area contributed by atoms with Gasteiger partial charge in [0.1, 0.15) is 11.6 Å². The maximum atomic E-state index is 6.01. The maximum absolute atomic E-state index is 6.01. The second-order valence-electron chi connectivity index (χ2n) is 6.41. The van der Waals surface area contributed by atoms with Gasteiger partial charge < -0.3 is 15.4 Å². The molecule has 2 unspecified atom stereocenters. The fraction of sp³-hybridized carbons (Fsp3) is 0.647. The topological polar surface area (TPSA) is 61.8 Å². The molecule has 0 bridgehead atoms. The molecule has 1 aliphatic rings. The van der Waals surface area contributed by atoms with Crippen LogP contribution in [0.5, 0.6) is 5.88 Å². The molecule has 8 heteroatoms. The average molecular weight is 482 g/mol. The fourth-order valence-electron chi connectivity index (χ4n) is 2.78. The summed E-state index contributed by atoms with van der Waals surface area (Å²) >= 11 is 6.01. The predicted octanol–water partition coefficient (Wildman–Crippen LogP) is 2.63. The van der Waals surface area contributed by atoms with Crippen molar-refractivity contribution in [2.75, 3.05) is 33.3 Å². The number of nitrogens with one attached hydrogen (secondary N) is 2. The Balaban J connectivity index is 0.00000312. The second kappa shape index (κ2) is 11.0. The first-order chi connectivity index (χ1) is 11.5. The van der Waals surface area contributed by atoms with Gasteiger partial charge in [0.15, 0.2) is 5.96 Å². The highest BCUT2D eigenvalue weighted by Crippen LogP contribution is 2.20. The van der Waals surface area contributed by atoms with Crippen molar-refractivity contribution in [3.05, 3.63) is 23.4 Å². The number of ether oxygens (including phenoxy) is 1. The molecule has 2 rings (SSSR count). The third-order valence-corrected chi connectivity index (χ3v) is 4.56. The Morgan fingerprint density at radius 2 is 2.24 bits per heavy atom. The van der Waals surface area contributed by atoms with Crippen molar-refractivity contribution in [3.8, 4) is 5.88 Å². The van der Waals surface area contributed by atoms with E-state index in [0.29, 0.717) is 42.1 Å². The van der Waals surface area contributed by atoms with Crippen molar-refractivity contribution in [2.24, 2.45) is 10.9 Å². The Kier molecular flexibility index (Phi) is 9.81. The highest BCUT2D eigenvalue weighted by atomic mass is 127. The number of likely N-dealkylation sites (tertiary alicyclic amines) is 1. The van der Waals surface area contributed by atoms with E-state index >= 15 is 0 Å². The molecule has 0 saturated carbocycles. The number of guanidine groups is 1. The number of halogens is 2. The van der Waals surface area contributed by atoms with Gasteiger partial charge in [0, 0.05) is 38.4 Å². The second-order valence-corrected chi connectivity index (χ2v) is 6.82. The van der Waals surface area contributed by atoms with Crippen LogP contribution in [0.4, 0.5) is 0 Å². The van der Waals surface area contributed by atoms with Gasteiger partial charge in [0.2, 0.25) is 5.88 Å². The summed E-state index contributed by atoms with van der Waals surface area (Å²) in [6, 6.07) is 4.53. The largest absolute Gasteiger partial charge is 0.475 e. The number of aliphatic imine (C=N–C) groups is 1. The van der Waals surface area contributed by atoms with Crippen LogP contribution >= 0.6 is 35.6 Å². The minimum Gasteiger partial charge on any atom is -0.475 e. The van der Waals surface area contributed by atoms with Gasteiger partial charge in [0.05, 0.1) is 6.54 Å². The van der Waals surface area contributed by atoms with E-state index in [9.17, 15) is 0 Å². The van der Waals surface area contributed by atoms with E-state index in [2.05, 4.69) is 46.3 Å². The number of nitrogens with zero attached hydrogens (tertiary/aromatic N) is 3. The van der Waals surface area contributed by atoms with Gasteiger partial charge in [-0.05, 0) is 31.9 Å². The van der Waals surface area contributed by atoms with Gasteiger partial charge in [-0.1, -0.05) is 18.5 Å². The lowest BCUT2D eigenvalue weighted by Crippen LogP contribution is -2.47. The van der Waals surface area contributed by atoms with Crippen LogP contribution in [0.15, 0.2) is 23.3 Å². The summed E-state index contributed by atoms with van der Waals surface area (Å²) in [6.45, 7) is 10.0. The number of aromatic nitrogens is 1. The van der Waals surface area contributed by atoms with Crippen LogP contribution in [0.25, 0.3) is 0 Å². The first-order valence-corrected chi connectivity index (χ1v) is 8.83. The van der Waals surface area contributed by atoms with Gasteiger partial charge >= 0.3 is 0 Å². The summed E-state index contributed by atoms with van der Waals surface area (Å²) in [6.07, 6.45) is 1.66. The number of hydrogen-bond acceptors (Lipinski definition) is 4. The molecular formula is C17H29ClIN5O. The van der Waals surface area contributed by atoms with E-state index in [1.54, 1.807) is 25.4 Å². The normalized spacial score (nSPS) is 21.1. The SMILES string of the molecule is CN=C(NCCOc1ncccc1Cl)NC1CN(C(C)C)CC1C.I. The first kappa shape index (κ1) is 22.2. The molecule has 0 aromatic carbocycles. The van der Waals surface area contributed by atoms with Crippen molar-refractivity contribution in [1.29, 1.82) is 0 Å². The lowest BCUT2D eigenvalue weighted by molar-refractivity contribution is 0.265. The Labute approximate surface area is 172 Å². The molecule has 0 spiro atoms. The van der Waals surface area contributed by atoms with Gasteiger partial charge in [-0.2, -0.15) is 0 Å². The standard InChI is InChI=1S/C17H28ClN5O.HI/c1-12(2)23-10-13(3)15(11-23)22-17(19-4)21-8-9-24-16-14(18)6-5-7-20-16;/h5-7,12-13,15H,8-11H2,1-4H3,(H2,19,21,22);1H. The van der Waals surface area contributed by atoms with Gasteiger partial charge in [-0.3, -0.25) is 9.89 Å². The Hall–Kier alpha value is -0.800. The molecule has 1 saturated heterocycles. The molecule has 1 aromatic rings. The van der Waals surface area contributed by atoms with E-state index in [4.69, 9.17) is 16.3 Å². The lowest BCUT2D eigenvalue weighted by atomic mass is 10.1. The summed E-state index contributed by atoms with van der Waals surface area (Å²) in [4.78, 5) is 10.9. The number of hydrogen-bond donors (Lipinski definition) is 2. The number of pyridine rings is 1. The van der Waals surface area contributed by atoms with E-state index in [-0.39, 0.29) is 24.0 Å². The highest BCUT2D eigenvalue weighted by molar-refractivity contribution is 14.0. The van der Waals surface area contributed by atoms with Gasteiger partial charge in [0.25, 0.3) is 0 Å². The highest BCUT2D eigenvalue weighted by Gasteiger charge is 2.31. The van der Waals surface area contributed by atoms with Crippen molar-refractivity contribution in [2.45, 2.75) is 32.9 Å². The molecule has 0 amide bonds. The van der Waals surface area contributed by atoms with E-state index < -0.39 is 0 Å². The lowest BCUT2D eigenvalue weighted by Gasteiger charge is -2.22. The molecule has 1 aliphatic heterocycles. The van der Waals surface area contributed by atoms with Gasteiger partial charge in [-0.25, -0.2) is 4.98 Å². The van der Waals surface area contributed by atoms with Crippen LogP contribution in [0.1, 0.15) is 20.8 Å². The third kappa shape index (κ3) is 6.79. The van der Waals surface area contributed by atoms with Crippen molar-refractivity contribution >= 4 is 41.5 Å². The minimum atomic E-state index is 0. The minimum absolute atomic E-state index is 0.